The van der Waals surface area contributed by atoms with Gasteiger partial charge in [0.15, 0.2) is 5.96 Å². The van der Waals surface area contributed by atoms with Crippen molar-refractivity contribution in [1.29, 1.82) is 0 Å². The van der Waals surface area contributed by atoms with E-state index in [9.17, 15) is 0 Å². The maximum Gasteiger partial charge on any atom is 0.191 e. The Morgan fingerprint density at radius 3 is 2.38 bits per heavy atom. The van der Waals surface area contributed by atoms with Gasteiger partial charge >= 0.3 is 0 Å². The molecule has 0 heterocycles. The molecule has 1 aromatic carbocycles. The minimum Gasteiger partial charge on any atom is -0.385 e. The van der Waals surface area contributed by atoms with Crippen LogP contribution in [0, 0.1) is 5.41 Å². The van der Waals surface area contributed by atoms with E-state index in [-0.39, 0.29) is 0 Å². The van der Waals surface area contributed by atoms with Crippen LogP contribution in [-0.4, -0.2) is 53.5 Å². The van der Waals surface area contributed by atoms with Crippen molar-refractivity contribution < 1.29 is 9.47 Å². The van der Waals surface area contributed by atoms with E-state index in [1.54, 1.807) is 14.2 Å². The van der Waals surface area contributed by atoms with Gasteiger partial charge in [-0.3, -0.25) is 4.99 Å². The smallest absolute Gasteiger partial charge is 0.191 e. The van der Waals surface area contributed by atoms with Gasteiger partial charge in [0.05, 0.1) is 6.61 Å². The van der Waals surface area contributed by atoms with E-state index >= 15 is 0 Å². The Hall–Kier alpha value is -1.79. The van der Waals surface area contributed by atoms with Crippen LogP contribution in [0.1, 0.15) is 31.2 Å². The molecule has 1 aliphatic rings. The summed E-state index contributed by atoms with van der Waals surface area (Å²) in [5, 5.41) is 10.2. The number of aliphatic imine (C=N–C) groups is 1. The van der Waals surface area contributed by atoms with Crippen LogP contribution < -0.4 is 16.0 Å². The number of anilines is 1. The number of nitrogens with zero attached hydrogens (tertiary/aromatic N) is 1. The van der Waals surface area contributed by atoms with Crippen LogP contribution in [0.5, 0.6) is 0 Å². The second-order valence-electron chi connectivity index (χ2n) is 6.99. The molecule has 0 saturated heterocycles. The number of benzene rings is 1. The Morgan fingerprint density at radius 1 is 1.08 bits per heavy atom. The molecule has 0 aromatic heterocycles. The lowest BCUT2D eigenvalue weighted by atomic mass is 9.67. The van der Waals surface area contributed by atoms with Gasteiger partial charge in [-0.15, -0.1) is 0 Å². The van der Waals surface area contributed by atoms with Crippen molar-refractivity contribution in [3.05, 3.63) is 29.8 Å². The average Bonchev–Trinajstić information content (AvgIpc) is 2.64. The summed E-state index contributed by atoms with van der Waals surface area (Å²) >= 11 is 0. The first-order chi connectivity index (χ1) is 12.7. The fraction of sp³-hybridized carbons (Fsp3) is 0.650. The van der Waals surface area contributed by atoms with Crippen molar-refractivity contribution in [3.63, 3.8) is 0 Å². The molecule has 3 N–H and O–H groups in total. The van der Waals surface area contributed by atoms with Crippen LogP contribution in [0.15, 0.2) is 29.3 Å². The SMILES string of the molecule is CN=C(NCc1ccc(NCCOC)cc1)NCC1(CCOC)CCC1. The molecule has 6 heteroatoms. The molecular weight excluding hydrogens is 328 g/mol. The van der Waals surface area contributed by atoms with E-state index < -0.39 is 0 Å². The summed E-state index contributed by atoms with van der Waals surface area (Å²) in [5.41, 5.74) is 2.71. The highest BCUT2D eigenvalue weighted by Crippen LogP contribution is 2.43. The van der Waals surface area contributed by atoms with E-state index in [0.29, 0.717) is 12.0 Å². The average molecular weight is 363 g/mol. The maximum absolute atomic E-state index is 5.27. The molecule has 1 aromatic rings. The molecule has 6 nitrogen and oxygen atoms in total. The zero-order valence-corrected chi connectivity index (χ0v) is 16.4. The number of ether oxygens (including phenoxy) is 2. The number of nitrogens with one attached hydrogen (secondary N) is 3. The van der Waals surface area contributed by atoms with Gasteiger partial charge in [-0.1, -0.05) is 18.6 Å². The summed E-state index contributed by atoms with van der Waals surface area (Å²) in [7, 11) is 5.31. The second-order valence-corrected chi connectivity index (χ2v) is 6.99. The van der Waals surface area contributed by atoms with E-state index in [1.165, 1.54) is 24.8 Å². The molecule has 0 atom stereocenters. The number of guanidine groups is 1. The van der Waals surface area contributed by atoms with E-state index in [1.807, 2.05) is 7.05 Å². The van der Waals surface area contributed by atoms with Crippen molar-refractivity contribution in [3.8, 4) is 0 Å². The van der Waals surface area contributed by atoms with Crippen molar-refractivity contribution in [2.45, 2.75) is 32.2 Å². The highest BCUT2D eigenvalue weighted by atomic mass is 16.5. The molecule has 0 bridgehead atoms. The molecule has 26 heavy (non-hydrogen) atoms. The molecule has 146 valence electrons. The fourth-order valence-corrected chi connectivity index (χ4v) is 3.23. The number of rotatable bonds is 11. The Labute approximate surface area is 157 Å². The largest absolute Gasteiger partial charge is 0.385 e. The first kappa shape index (κ1) is 20.5. The zero-order valence-electron chi connectivity index (χ0n) is 16.4. The molecular formula is C20H34N4O2. The molecule has 1 fully saturated rings. The molecule has 0 spiro atoms. The summed E-state index contributed by atoms with van der Waals surface area (Å²) in [6.07, 6.45) is 4.99. The van der Waals surface area contributed by atoms with Crippen LogP contribution >= 0.6 is 0 Å². The molecule has 0 unspecified atom stereocenters. The van der Waals surface area contributed by atoms with Gasteiger partial charge in [0.25, 0.3) is 0 Å². The standard InChI is InChI=1S/C20H34N4O2/c1-21-19(24-16-20(9-4-10-20)11-13-25-2)23-15-17-5-7-18(8-6-17)22-12-14-26-3/h5-8,22H,4,9-16H2,1-3H3,(H2,21,23,24). The quantitative estimate of drug-likeness (QED) is 0.321. The van der Waals surface area contributed by atoms with Gasteiger partial charge in [0.2, 0.25) is 0 Å². The third-order valence-electron chi connectivity index (χ3n) is 5.15. The van der Waals surface area contributed by atoms with Gasteiger partial charge in [-0.05, 0) is 42.4 Å². The van der Waals surface area contributed by atoms with Crippen molar-refractivity contribution in [1.82, 2.24) is 10.6 Å². The number of methoxy groups -OCH3 is 2. The highest BCUT2D eigenvalue weighted by Gasteiger charge is 2.36. The molecule has 0 amide bonds. The van der Waals surface area contributed by atoms with Gasteiger partial charge in [0.1, 0.15) is 0 Å². The predicted molar refractivity (Wildman–Crippen MR) is 108 cm³/mol. The lowest BCUT2D eigenvalue weighted by molar-refractivity contribution is 0.0732. The van der Waals surface area contributed by atoms with E-state index in [4.69, 9.17) is 9.47 Å². The van der Waals surface area contributed by atoms with Gasteiger partial charge in [-0.2, -0.15) is 0 Å². The number of hydrogen-bond donors (Lipinski definition) is 3. The van der Waals surface area contributed by atoms with Crippen LogP contribution in [-0.2, 0) is 16.0 Å². The Bertz CT molecular complexity index is 541. The van der Waals surface area contributed by atoms with Crippen molar-refractivity contribution >= 4 is 11.6 Å². The third-order valence-corrected chi connectivity index (χ3v) is 5.15. The van der Waals surface area contributed by atoms with Crippen LogP contribution in [0.2, 0.25) is 0 Å². The van der Waals surface area contributed by atoms with Gasteiger partial charge in [0, 0.05) is 53.2 Å². The van der Waals surface area contributed by atoms with Crippen molar-refractivity contribution in [2.24, 2.45) is 10.4 Å². The predicted octanol–water partition coefficient (Wildman–Crippen LogP) is 2.62. The van der Waals surface area contributed by atoms with E-state index in [0.717, 1.165) is 44.3 Å². The Balaban J connectivity index is 1.74. The summed E-state index contributed by atoms with van der Waals surface area (Å²) in [6.45, 7) is 4.06. The fourth-order valence-electron chi connectivity index (χ4n) is 3.23. The monoisotopic (exact) mass is 362 g/mol. The van der Waals surface area contributed by atoms with E-state index in [2.05, 4.69) is 45.2 Å². The molecule has 0 radical (unpaired) electrons. The summed E-state index contributed by atoms with van der Waals surface area (Å²) in [5.74, 6) is 0.857. The first-order valence-corrected chi connectivity index (χ1v) is 9.46. The molecule has 0 aliphatic heterocycles. The van der Waals surface area contributed by atoms with Gasteiger partial charge in [-0.25, -0.2) is 0 Å². The second kappa shape index (κ2) is 11.0. The van der Waals surface area contributed by atoms with Crippen LogP contribution in [0.25, 0.3) is 0 Å². The summed E-state index contributed by atoms with van der Waals surface area (Å²) in [6, 6.07) is 8.44. The lowest BCUT2D eigenvalue weighted by Gasteiger charge is -2.42. The topological polar surface area (TPSA) is 66.9 Å². The van der Waals surface area contributed by atoms with Gasteiger partial charge < -0.3 is 25.4 Å². The van der Waals surface area contributed by atoms with Crippen LogP contribution in [0.3, 0.4) is 0 Å². The summed E-state index contributed by atoms with van der Waals surface area (Å²) in [4.78, 5) is 4.35. The Kier molecular flexibility index (Phi) is 8.71. The van der Waals surface area contributed by atoms with Crippen molar-refractivity contribution in [2.75, 3.05) is 52.9 Å². The third kappa shape index (κ3) is 6.50. The molecule has 2 rings (SSSR count). The van der Waals surface area contributed by atoms with Crippen LogP contribution in [0.4, 0.5) is 5.69 Å². The maximum atomic E-state index is 5.27. The first-order valence-electron chi connectivity index (χ1n) is 9.46. The number of hydrogen-bond acceptors (Lipinski definition) is 4. The molecule has 1 aliphatic carbocycles. The normalized spacial score (nSPS) is 16.0. The minimum absolute atomic E-state index is 0.378. The highest BCUT2D eigenvalue weighted by molar-refractivity contribution is 5.79. The lowest BCUT2D eigenvalue weighted by Crippen LogP contribution is -2.46. The minimum atomic E-state index is 0.378. The Morgan fingerprint density at radius 2 is 1.81 bits per heavy atom. The molecule has 1 saturated carbocycles. The summed E-state index contributed by atoms with van der Waals surface area (Å²) < 4.78 is 10.3. The zero-order chi connectivity index (χ0) is 18.7.